The fourth-order valence-electron chi connectivity index (χ4n) is 1.76. The van der Waals surface area contributed by atoms with Gasteiger partial charge in [-0.25, -0.2) is 4.79 Å². The predicted octanol–water partition coefficient (Wildman–Crippen LogP) is 2.18. The molecule has 126 valence electrons. The van der Waals surface area contributed by atoms with Crippen LogP contribution in [0.4, 0.5) is 0 Å². The van der Waals surface area contributed by atoms with Gasteiger partial charge in [0.15, 0.2) is 18.1 Å². The number of ether oxygens (including phenoxy) is 3. The van der Waals surface area contributed by atoms with Crippen LogP contribution in [0.2, 0.25) is 0 Å². The Bertz CT molecular complexity index is 554. The SMILES string of the molecule is CCCCNC(=O)COC(=O)/C=C/c1ccc(OC)c(OC)c1. The summed E-state index contributed by atoms with van der Waals surface area (Å²) in [4.78, 5) is 23.0. The molecule has 1 rings (SSSR count). The number of benzene rings is 1. The van der Waals surface area contributed by atoms with Crippen LogP contribution in [0.15, 0.2) is 24.3 Å². The quantitative estimate of drug-likeness (QED) is 0.429. The van der Waals surface area contributed by atoms with Crippen molar-refractivity contribution in [3.63, 3.8) is 0 Å². The Balaban J connectivity index is 2.47. The number of unbranched alkanes of at least 4 members (excludes halogenated alkanes) is 1. The lowest BCUT2D eigenvalue weighted by molar-refractivity contribution is -0.143. The maximum Gasteiger partial charge on any atom is 0.331 e. The largest absolute Gasteiger partial charge is 0.493 e. The van der Waals surface area contributed by atoms with E-state index in [9.17, 15) is 9.59 Å². The fourth-order valence-corrected chi connectivity index (χ4v) is 1.76. The van der Waals surface area contributed by atoms with E-state index in [0.29, 0.717) is 18.0 Å². The monoisotopic (exact) mass is 321 g/mol. The Morgan fingerprint density at radius 1 is 1.17 bits per heavy atom. The smallest absolute Gasteiger partial charge is 0.331 e. The number of esters is 1. The van der Waals surface area contributed by atoms with Gasteiger partial charge in [-0.1, -0.05) is 19.4 Å². The van der Waals surface area contributed by atoms with Crippen molar-refractivity contribution < 1.29 is 23.8 Å². The summed E-state index contributed by atoms with van der Waals surface area (Å²) in [5.41, 5.74) is 0.756. The zero-order valence-corrected chi connectivity index (χ0v) is 13.8. The number of methoxy groups -OCH3 is 2. The molecular formula is C17H23NO5. The average Bonchev–Trinajstić information content (AvgIpc) is 2.58. The number of amides is 1. The van der Waals surface area contributed by atoms with Gasteiger partial charge >= 0.3 is 5.97 Å². The topological polar surface area (TPSA) is 73.9 Å². The van der Waals surface area contributed by atoms with E-state index >= 15 is 0 Å². The molecule has 1 aromatic carbocycles. The number of carbonyl (C=O) groups is 2. The molecule has 6 heteroatoms. The van der Waals surface area contributed by atoms with Gasteiger partial charge in [0, 0.05) is 12.6 Å². The molecule has 0 aliphatic carbocycles. The Kier molecular flexibility index (Phi) is 8.28. The normalized spacial score (nSPS) is 10.4. The van der Waals surface area contributed by atoms with Gasteiger partial charge in [0.2, 0.25) is 0 Å². The standard InChI is InChI=1S/C17H23NO5/c1-4-5-10-18-16(19)12-23-17(20)9-7-13-6-8-14(21-2)15(11-13)22-3/h6-9,11H,4-5,10,12H2,1-3H3,(H,18,19)/b9-7+. The van der Waals surface area contributed by atoms with E-state index in [0.717, 1.165) is 18.4 Å². The van der Waals surface area contributed by atoms with Crippen LogP contribution in [0.25, 0.3) is 6.08 Å². The summed E-state index contributed by atoms with van der Waals surface area (Å²) < 4.78 is 15.2. The number of hydrogen-bond acceptors (Lipinski definition) is 5. The molecule has 0 aliphatic rings. The summed E-state index contributed by atoms with van der Waals surface area (Å²) in [5.74, 6) is 0.297. The highest BCUT2D eigenvalue weighted by molar-refractivity contribution is 5.89. The molecule has 0 saturated carbocycles. The zero-order valence-electron chi connectivity index (χ0n) is 13.8. The number of carbonyl (C=O) groups excluding carboxylic acids is 2. The summed E-state index contributed by atoms with van der Waals surface area (Å²) in [6, 6.07) is 5.26. The highest BCUT2D eigenvalue weighted by Crippen LogP contribution is 2.27. The molecule has 0 radical (unpaired) electrons. The van der Waals surface area contributed by atoms with Gasteiger partial charge in [0.25, 0.3) is 5.91 Å². The van der Waals surface area contributed by atoms with Gasteiger partial charge in [-0.05, 0) is 30.2 Å². The zero-order chi connectivity index (χ0) is 17.1. The lowest BCUT2D eigenvalue weighted by atomic mass is 10.2. The minimum absolute atomic E-state index is 0.279. The molecule has 0 atom stereocenters. The van der Waals surface area contributed by atoms with Crippen LogP contribution < -0.4 is 14.8 Å². The second kappa shape index (κ2) is 10.3. The van der Waals surface area contributed by atoms with Crippen molar-refractivity contribution in [3.8, 4) is 11.5 Å². The number of nitrogens with one attached hydrogen (secondary N) is 1. The maximum atomic E-state index is 11.6. The van der Waals surface area contributed by atoms with Crippen molar-refractivity contribution in [2.24, 2.45) is 0 Å². The summed E-state index contributed by atoms with van der Waals surface area (Å²) in [7, 11) is 3.09. The molecule has 23 heavy (non-hydrogen) atoms. The van der Waals surface area contributed by atoms with Crippen LogP contribution in [0.5, 0.6) is 11.5 Å². The molecule has 1 aromatic rings. The highest BCUT2D eigenvalue weighted by atomic mass is 16.5. The maximum absolute atomic E-state index is 11.6. The molecule has 0 heterocycles. The summed E-state index contributed by atoms with van der Waals surface area (Å²) in [6.45, 7) is 2.35. The van der Waals surface area contributed by atoms with Crippen LogP contribution in [0.3, 0.4) is 0 Å². The van der Waals surface area contributed by atoms with Gasteiger partial charge in [0.1, 0.15) is 0 Å². The first-order chi connectivity index (χ1) is 11.1. The molecule has 0 saturated heterocycles. The van der Waals surface area contributed by atoms with E-state index in [2.05, 4.69) is 5.32 Å². The lowest BCUT2D eigenvalue weighted by Gasteiger charge is -2.07. The van der Waals surface area contributed by atoms with E-state index in [1.807, 2.05) is 6.92 Å². The van der Waals surface area contributed by atoms with E-state index in [4.69, 9.17) is 14.2 Å². The Morgan fingerprint density at radius 3 is 2.57 bits per heavy atom. The van der Waals surface area contributed by atoms with Crippen molar-refractivity contribution in [2.45, 2.75) is 19.8 Å². The predicted molar refractivity (Wildman–Crippen MR) is 87.5 cm³/mol. The van der Waals surface area contributed by atoms with Crippen LogP contribution in [-0.4, -0.2) is 39.2 Å². The third kappa shape index (κ3) is 6.86. The molecule has 0 bridgehead atoms. The first-order valence-electron chi connectivity index (χ1n) is 7.44. The molecule has 1 amide bonds. The Hall–Kier alpha value is -2.50. The van der Waals surface area contributed by atoms with Crippen LogP contribution in [0.1, 0.15) is 25.3 Å². The van der Waals surface area contributed by atoms with Crippen molar-refractivity contribution in [1.82, 2.24) is 5.32 Å². The van der Waals surface area contributed by atoms with Crippen molar-refractivity contribution in [3.05, 3.63) is 29.8 Å². The average molecular weight is 321 g/mol. The van der Waals surface area contributed by atoms with Crippen LogP contribution >= 0.6 is 0 Å². The third-order valence-corrected chi connectivity index (χ3v) is 3.02. The summed E-state index contributed by atoms with van der Waals surface area (Å²) in [5, 5.41) is 2.67. The molecule has 0 fully saturated rings. The molecule has 1 N–H and O–H groups in total. The number of rotatable bonds is 9. The second-order valence-corrected chi connectivity index (χ2v) is 4.76. The fraction of sp³-hybridized carbons (Fsp3) is 0.412. The lowest BCUT2D eigenvalue weighted by Crippen LogP contribution is -2.29. The summed E-state index contributed by atoms with van der Waals surface area (Å²) in [6.07, 6.45) is 4.74. The molecule has 0 unspecified atom stereocenters. The molecule has 0 aromatic heterocycles. The van der Waals surface area contributed by atoms with Crippen LogP contribution in [-0.2, 0) is 14.3 Å². The van der Waals surface area contributed by atoms with Gasteiger partial charge in [-0.3, -0.25) is 4.79 Å². The van der Waals surface area contributed by atoms with E-state index < -0.39 is 5.97 Å². The van der Waals surface area contributed by atoms with Crippen molar-refractivity contribution >= 4 is 18.0 Å². The van der Waals surface area contributed by atoms with Crippen molar-refractivity contribution in [2.75, 3.05) is 27.4 Å². The molecule has 6 nitrogen and oxygen atoms in total. The first kappa shape index (κ1) is 18.5. The van der Waals surface area contributed by atoms with Crippen LogP contribution in [0, 0.1) is 0 Å². The second-order valence-electron chi connectivity index (χ2n) is 4.76. The first-order valence-corrected chi connectivity index (χ1v) is 7.44. The highest BCUT2D eigenvalue weighted by Gasteiger charge is 2.05. The molecular weight excluding hydrogens is 298 g/mol. The molecule has 0 aliphatic heterocycles. The van der Waals surface area contributed by atoms with E-state index in [1.54, 1.807) is 31.4 Å². The van der Waals surface area contributed by atoms with E-state index in [1.165, 1.54) is 13.2 Å². The Labute approximate surface area is 136 Å². The number of hydrogen-bond donors (Lipinski definition) is 1. The minimum atomic E-state index is -0.578. The van der Waals surface area contributed by atoms with Gasteiger partial charge in [-0.2, -0.15) is 0 Å². The molecule has 0 spiro atoms. The van der Waals surface area contributed by atoms with Crippen molar-refractivity contribution in [1.29, 1.82) is 0 Å². The van der Waals surface area contributed by atoms with E-state index in [-0.39, 0.29) is 12.5 Å². The van der Waals surface area contributed by atoms with Gasteiger partial charge in [0.05, 0.1) is 14.2 Å². The van der Waals surface area contributed by atoms with Gasteiger partial charge in [-0.15, -0.1) is 0 Å². The van der Waals surface area contributed by atoms with Gasteiger partial charge < -0.3 is 19.5 Å². The minimum Gasteiger partial charge on any atom is -0.493 e. The summed E-state index contributed by atoms with van der Waals surface area (Å²) >= 11 is 0. The third-order valence-electron chi connectivity index (χ3n) is 3.02. The Morgan fingerprint density at radius 2 is 1.91 bits per heavy atom.